The molecule has 0 aromatic carbocycles. The Hall–Kier alpha value is -2.57. The molecule has 25 heavy (non-hydrogen) atoms. The van der Waals surface area contributed by atoms with E-state index in [0.29, 0.717) is 11.3 Å². The lowest BCUT2D eigenvalue weighted by Crippen LogP contribution is -2.70. The molecule has 128 valence electrons. The summed E-state index contributed by atoms with van der Waals surface area (Å²) in [6.45, 7) is 0. The highest BCUT2D eigenvalue weighted by Gasteiger charge is 2.53. The van der Waals surface area contributed by atoms with E-state index in [0.717, 1.165) is 4.88 Å². The van der Waals surface area contributed by atoms with Crippen molar-refractivity contribution in [3.8, 4) is 6.07 Å². The first-order valence-corrected chi connectivity index (χ1v) is 9.24. The molecule has 0 radical (unpaired) electrons. The molecule has 1 aromatic rings. The molecule has 0 bridgehead atoms. The molecule has 0 aliphatic carbocycles. The van der Waals surface area contributed by atoms with Gasteiger partial charge in [0.2, 0.25) is 5.91 Å². The number of thioether (sulfide) groups is 1. The number of rotatable bonds is 5. The Kier molecular flexibility index (Phi) is 4.92. The zero-order valence-electron chi connectivity index (χ0n) is 12.8. The average Bonchev–Trinajstić information content (AvgIpc) is 3.09. The lowest BCUT2D eigenvalue weighted by molar-refractivity contribution is -0.150. The van der Waals surface area contributed by atoms with E-state index in [1.165, 1.54) is 40.2 Å². The molecule has 0 unspecified atom stereocenters. The summed E-state index contributed by atoms with van der Waals surface area (Å²) >= 11 is 2.82. The van der Waals surface area contributed by atoms with Crippen molar-refractivity contribution in [1.82, 2.24) is 10.2 Å². The van der Waals surface area contributed by atoms with Gasteiger partial charge in [-0.1, -0.05) is 6.07 Å². The van der Waals surface area contributed by atoms with Crippen LogP contribution in [0.5, 0.6) is 0 Å². The second kappa shape index (κ2) is 7.13. The zero-order valence-corrected chi connectivity index (χ0v) is 14.5. The molecular formula is C16H13N3O4S2. The largest absolute Gasteiger partial charge is 0.477 e. The van der Waals surface area contributed by atoms with Crippen molar-refractivity contribution in [1.29, 1.82) is 5.26 Å². The number of hydrogen-bond acceptors (Lipinski definition) is 6. The minimum absolute atomic E-state index is 0.121. The van der Waals surface area contributed by atoms with Gasteiger partial charge < -0.3 is 10.4 Å². The minimum atomic E-state index is -1.22. The maximum absolute atomic E-state index is 12.4. The fraction of sp³-hybridized carbons (Fsp3) is 0.250. The average molecular weight is 375 g/mol. The number of hydrogen-bond donors (Lipinski definition) is 2. The van der Waals surface area contributed by atoms with E-state index in [-0.39, 0.29) is 18.0 Å². The van der Waals surface area contributed by atoms with Gasteiger partial charge in [-0.2, -0.15) is 5.26 Å². The highest BCUT2D eigenvalue weighted by atomic mass is 32.2. The molecule has 2 atom stereocenters. The van der Waals surface area contributed by atoms with Crippen LogP contribution in [0.2, 0.25) is 0 Å². The number of allylic oxidation sites excluding steroid dienone is 2. The fourth-order valence-corrected chi connectivity index (χ4v) is 4.73. The number of β-lactam (4-membered cyclic amide) rings is 1. The molecule has 2 N–H and O–H groups in total. The van der Waals surface area contributed by atoms with Gasteiger partial charge in [-0.25, -0.2) is 4.79 Å². The number of carbonyl (C=O) groups is 3. The lowest BCUT2D eigenvalue weighted by atomic mass is 10.0. The molecule has 2 aliphatic heterocycles. The third kappa shape index (κ3) is 3.31. The number of carbonyl (C=O) groups excluding carboxylic acids is 2. The number of thiophene rings is 1. The smallest absolute Gasteiger partial charge is 0.352 e. The van der Waals surface area contributed by atoms with Crippen molar-refractivity contribution >= 4 is 40.9 Å². The van der Waals surface area contributed by atoms with Gasteiger partial charge in [0, 0.05) is 16.7 Å². The van der Waals surface area contributed by atoms with Crippen LogP contribution in [-0.4, -0.2) is 45.0 Å². The highest BCUT2D eigenvalue weighted by Crippen LogP contribution is 2.40. The summed E-state index contributed by atoms with van der Waals surface area (Å²) in [4.78, 5) is 38.1. The molecule has 0 saturated carbocycles. The van der Waals surface area contributed by atoms with Crippen molar-refractivity contribution in [3.63, 3.8) is 0 Å². The van der Waals surface area contributed by atoms with Crippen LogP contribution in [0.25, 0.3) is 0 Å². The summed E-state index contributed by atoms with van der Waals surface area (Å²) in [7, 11) is 0. The second-order valence-electron chi connectivity index (χ2n) is 5.35. The number of nitrogens with zero attached hydrogens (tertiary/aromatic N) is 2. The van der Waals surface area contributed by atoms with Crippen LogP contribution in [0, 0.1) is 11.3 Å². The van der Waals surface area contributed by atoms with Gasteiger partial charge in [0.15, 0.2) is 0 Å². The summed E-state index contributed by atoms with van der Waals surface area (Å²) in [5.41, 5.74) is 0.288. The Bertz CT molecular complexity index is 823. The van der Waals surface area contributed by atoms with E-state index in [4.69, 9.17) is 5.26 Å². The van der Waals surface area contributed by atoms with E-state index in [1.54, 1.807) is 0 Å². The van der Waals surface area contributed by atoms with Crippen LogP contribution in [0.15, 0.2) is 40.9 Å². The molecule has 7 nitrogen and oxygen atoms in total. The molecule has 2 aliphatic rings. The van der Waals surface area contributed by atoms with E-state index in [1.807, 2.05) is 23.6 Å². The molecule has 1 fully saturated rings. The van der Waals surface area contributed by atoms with Crippen LogP contribution >= 0.6 is 23.1 Å². The Morgan fingerprint density at radius 2 is 2.32 bits per heavy atom. The lowest BCUT2D eigenvalue weighted by Gasteiger charge is -2.49. The number of carboxylic acids is 1. The number of aliphatic carboxylic acids is 1. The number of fused-ring (bicyclic) bond motifs is 1. The number of nitrogens with one attached hydrogen (secondary N) is 1. The Labute approximate surface area is 151 Å². The molecular weight excluding hydrogens is 362 g/mol. The van der Waals surface area contributed by atoms with E-state index in [2.05, 4.69) is 5.32 Å². The first kappa shape index (κ1) is 17.3. The summed E-state index contributed by atoms with van der Waals surface area (Å²) < 4.78 is 0. The fourth-order valence-electron chi connectivity index (χ4n) is 2.70. The Morgan fingerprint density at radius 3 is 2.96 bits per heavy atom. The summed E-state index contributed by atoms with van der Waals surface area (Å²) in [6.07, 6.45) is 2.78. The normalized spacial score (nSPS) is 22.4. The SMILES string of the molecule is N#CC=CC1=C(C(=O)O)N2C(=O)[C@@H](NC(=O)Cc3cccs3)[C@@H]2SC1. The van der Waals surface area contributed by atoms with E-state index < -0.39 is 23.3 Å². The molecule has 2 amide bonds. The summed E-state index contributed by atoms with van der Waals surface area (Å²) in [6, 6.07) is 4.77. The van der Waals surface area contributed by atoms with Crippen molar-refractivity contribution in [2.75, 3.05) is 5.75 Å². The Balaban J connectivity index is 1.73. The summed E-state index contributed by atoms with van der Waals surface area (Å²) in [5, 5.41) is 22.2. The van der Waals surface area contributed by atoms with Gasteiger partial charge in [0.1, 0.15) is 17.1 Å². The minimum Gasteiger partial charge on any atom is -0.477 e. The standard InChI is InChI=1S/C16H13N3O4S2/c17-5-1-3-9-8-25-15-12(14(21)19(15)13(9)16(22)23)18-11(20)7-10-4-2-6-24-10/h1-4,6,12,15H,7-8H2,(H,18,20)(H,22,23)/t12-,15+/m1/s1. The van der Waals surface area contributed by atoms with Gasteiger partial charge in [0.05, 0.1) is 12.5 Å². The van der Waals surface area contributed by atoms with Crippen molar-refractivity contribution in [2.45, 2.75) is 17.8 Å². The maximum Gasteiger partial charge on any atom is 0.352 e. The van der Waals surface area contributed by atoms with Crippen LogP contribution in [0.3, 0.4) is 0 Å². The quantitative estimate of drug-likeness (QED) is 0.589. The highest BCUT2D eigenvalue weighted by molar-refractivity contribution is 8.00. The first-order chi connectivity index (χ1) is 12.0. The van der Waals surface area contributed by atoms with Crippen molar-refractivity contribution in [3.05, 3.63) is 45.8 Å². The zero-order chi connectivity index (χ0) is 18.0. The monoisotopic (exact) mass is 375 g/mol. The summed E-state index contributed by atoms with van der Waals surface area (Å²) in [5.74, 6) is -1.58. The van der Waals surface area contributed by atoms with Gasteiger partial charge in [-0.3, -0.25) is 14.5 Å². The van der Waals surface area contributed by atoms with Crippen LogP contribution in [0.4, 0.5) is 0 Å². The number of carboxylic acid groups (broad SMARTS) is 1. The predicted molar refractivity (Wildman–Crippen MR) is 92.5 cm³/mol. The first-order valence-electron chi connectivity index (χ1n) is 7.32. The van der Waals surface area contributed by atoms with Gasteiger partial charge in [-0.15, -0.1) is 23.1 Å². The van der Waals surface area contributed by atoms with Crippen molar-refractivity contribution in [2.24, 2.45) is 0 Å². The molecule has 3 heterocycles. The topological polar surface area (TPSA) is 110 Å². The molecule has 0 spiro atoms. The van der Waals surface area contributed by atoms with E-state index >= 15 is 0 Å². The van der Waals surface area contributed by atoms with E-state index in [9.17, 15) is 19.5 Å². The Morgan fingerprint density at radius 1 is 1.52 bits per heavy atom. The maximum atomic E-state index is 12.4. The number of nitriles is 1. The third-order valence-electron chi connectivity index (χ3n) is 3.79. The molecule has 9 heteroatoms. The predicted octanol–water partition coefficient (Wildman–Crippen LogP) is 1.11. The van der Waals surface area contributed by atoms with Gasteiger partial charge in [-0.05, 0) is 23.1 Å². The van der Waals surface area contributed by atoms with Crippen LogP contribution < -0.4 is 5.32 Å². The molecule has 1 saturated heterocycles. The van der Waals surface area contributed by atoms with Crippen molar-refractivity contribution < 1.29 is 19.5 Å². The third-order valence-corrected chi connectivity index (χ3v) is 5.97. The number of amides is 2. The molecule has 1 aromatic heterocycles. The van der Waals surface area contributed by atoms with Gasteiger partial charge >= 0.3 is 5.97 Å². The van der Waals surface area contributed by atoms with Crippen LogP contribution in [-0.2, 0) is 20.8 Å². The van der Waals surface area contributed by atoms with Gasteiger partial charge in [0.25, 0.3) is 5.91 Å². The second-order valence-corrected chi connectivity index (χ2v) is 7.49. The van der Waals surface area contributed by atoms with Crippen LogP contribution in [0.1, 0.15) is 4.88 Å². The molecule has 3 rings (SSSR count).